The van der Waals surface area contributed by atoms with E-state index in [1.807, 2.05) is 0 Å². The Morgan fingerprint density at radius 1 is 1.12 bits per heavy atom. The Kier molecular flexibility index (Phi) is 3.37. The summed E-state index contributed by atoms with van der Waals surface area (Å²) in [4.78, 5) is 14.6. The Bertz CT molecular complexity index is 270. The highest BCUT2D eigenvalue weighted by Gasteiger charge is 2.39. The highest BCUT2D eigenvalue weighted by molar-refractivity contribution is 5.77. The van der Waals surface area contributed by atoms with E-state index in [4.69, 9.17) is 0 Å². The lowest BCUT2D eigenvalue weighted by Crippen LogP contribution is -2.44. The predicted molar refractivity (Wildman–Crippen MR) is 67.7 cm³/mol. The Hall–Kier alpha value is -0.570. The monoisotopic (exact) mass is 236 g/mol. The van der Waals surface area contributed by atoms with Crippen LogP contribution in [0.1, 0.15) is 51.4 Å². The van der Waals surface area contributed by atoms with Crippen LogP contribution >= 0.6 is 0 Å². The average molecular weight is 236 g/mol. The van der Waals surface area contributed by atoms with E-state index < -0.39 is 0 Å². The zero-order valence-electron chi connectivity index (χ0n) is 10.7. The number of hydrogen-bond donors (Lipinski definition) is 1. The van der Waals surface area contributed by atoms with Crippen molar-refractivity contribution < 1.29 is 4.79 Å². The van der Waals surface area contributed by atoms with E-state index in [2.05, 4.69) is 10.2 Å². The molecule has 3 nitrogen and oxygen atoms in total. The SMILES string of the molecule is O=C(CCC1CCNC1)N1C2CCCC1CC2. The van der Waals surface area contributed by atoms with Crippen molar-refractivity contribution in [3.8, 4) is 0 Å². The number of carbonyl (C=O) groups is 1. The summed E-state index contributed by atoms with van der Waals surface area (Å²) in [6.45, 7) is 2.27. The summed E-state index contributed by atoms with van der Waals surface area (Å²) in [5.74, 6) is 1.20. The number of nitrogens with one attached hydrogen (secondary N) is 1. The quantitative estimate of drug-likeness (QED) is 0.812. The van der Waals surface area contributed by atoms with Gasteiger partial charge in [0.25, 0.3) is 0 Å². The summed E-state index contributed by atoms with van der Waals surface area (Å²) >= 11 is 0. The molecule has 3 unspecified atom stereocenters. The van der Waals surface area contributed by atoms with E-state index in [-0.39, 0.29) is 0 Å². The van der Waals surface area contributed by atoms with Gasteiger partial charge in [0.2, 0.25) is 5.91 Å². The molecule has 3 fully saturated rings. The van der Waals surface area contributed by atoms with Gasteiger partial charge in [-0.2, -0.15) is 0 Å². The van der Waals surface area contributed by atoms with Gasteiger partial charge in [0.1, 0.15) is 0 Å². The van der Waals surface area contributed by atoms with Crippen LogP contribution in [0.5, 0.6) is 0 Å². The largest absolute Gasteiger partial charge is 0.337 e. The molecule has 0 aliphatic carbocycles. The van der Waals surface area contributed by atoms with Crippen LogP contribution in [0.15, 0.2) is 0 Å². The molecule has 0 radical (unpaired) electrons. The Morgan fingerprint density at radius 2 is 1.88 bits per heavy atom. The molecule has 3 heteroatoms. The number of amides is 1. The summed E-state index contributed by atoms with van der Waals surface area (Å²) in [6, 6.07) is 1.20. The molecule has 3 rings (SSSR count). The van der Waals surface area contributed by atoms with Crippen molar-refractivity contribution in [1.82, 2.24) is 10.2 Å². The first-order valence-corrected chi connectivity index (χ1v) is 7.36. The maximum absolute atomic E-state index is 12.3. The predicted octanol–water partition coefficient (Wildman–Crippen LogP) is 1.92. The zero-order valence-corrected chi connectivity index (χ0v) is 10.7. The zero-order chi connectivity index (χ0) is 11.7. The molecule has 3 atom stereocenters. The third kappa shape index (κ3) is 2.35. The fourth-order valence-corrected chi connectivity index (χ4v) is 3.94. The lowest BCUT2D eigenvalue weighted by atomic mass is 9.99. The lowest BCUT2D eigenvalue weighted by molar-refractivity contribution is -0.135. The van der Waals surface area contributed by atoms with Crippen LogP contribution in [0, 0.1) is 5.92 Å². The molecule has 3 saturated heterocycles. The average Bonchev–Trinajstić information content (AvgIpc) is 2.93. The minimum absolute atomic E-state index is 0.448. The fraction of sp³-hybridized carbons (Fsp3) is 0.929. The van der Waals surface area contributed by atoms with Crippen LogP contribution in [0.2, 0.25) is 0 Å². The maximum Gasteiger partial charge on any atom is 0.223 e. The molecule has 0 saturated carbocycles. The summed E-state index contributed by atoms with van der Waals surface area (Å²) in [5, 5.41) is 3.38. The van der Waals surface area contributed by atoms with Crippen molar-refractivity contribution in [2.24, 2.45) is 5.92 Å². The fourth-order valence-electron chi connectivity index (χ4n) is 3.94. The van der Waals surface area contributed by atoms with Gasteiger partial charge in [-0.15, -0.1) is 0 Å². The van der Waals surface area contributed by atoms with E-state index in [9.17, 15) is 4.79 Å². The maximum atomic E-state index is 12.3. The summed E-state index contributed by atoms with van der Waals surface area (Å²) in [7, 11) is 0. The first-order valence-electron chi connectivity index (χ1n) is 7.36. The molecule has 0 aromatic heterocycles. The molecule has 1 N–H and O–H groups in total. The van der Waals surface area contributed by atoms with Crippen LogP contribution in [-0.2, 0) is 4.79 Å². The topological polar surface area (TPSA) is 32.3 Å². The molecule has 0 aromatic rings. The summed E-state index contributed by atoms with van der Waals surface area (Å²) < 4.78 is 0. The third-order valence-corrected chi connectivity index (χ3v) is 4.91. The van der Waals surface area contributed by atoms with E-state index >= 15 is 0 Å². The molecule has 3 aliphatic rings. The molecule has 3 heterocycles. The van der Waals surface area contributed by atoms with Gasteiger partial charge in [-0.3, -0.25) is 4.79 Å². The minimum atomic E-state index is 0.448. The van der Waals surface area contributed by atoms with Gasteiger partial charge in [-0.1, -0.05) is 0 Å². The number of rotatable bonds is 3. The van der Waals surface area contributed by atoms with Crippen LogP contribution in [0.25, 0.3) is 0 Å². The van der Waals surface area contributed by atoms with Crippen molar-refractivity contribution in [3.63, 3.8) is 0 Å². The van der Waals surface area contributed by atoms with Crippen LogP contribution in [0.3, 0.4) is 0 Å². The highest BCUT2D eigenvalue weighted by atomic mass is 16.2. The number of hydrogen-bond acceptors (Lipinski definition) is 2. The van der Waals surface area contributed by atoms with Crippen molar-refractivity contribution >= 4 is 5.91 Å². The number of piperidine rings is 1. The van der Waals surface area contributed by atoms with Gasteiger partial charge < -0.3 is 10.2 Å². The summed E-state index contributed by atoms with van der Waals surface area (Å²) in [6.07, 6.45) is 9.54. The van der Waals surface area contributed by atoms with Crippen molar-refractivity contribution in [1.29, 1.82) is 0 Å². The van der Waals surface area contributed by atoms with E-state index in [0.717, 1.165) is 31.8 Å². The molecule has 0 spiro atoms. The Morgan fingerprint density at radius 3 is 2.53 bits per heavy atom. The molecule has 3 aliphatic heterocycles. The lowest BCUT2D eigenvalue weighted by Gasteiger charge is -2.35. The number of nitrogens with zero attached hydrogens (tertiary/aromatic N) is 1. The molecule has 0 aromatic carbocycles. The second-order valence-electron chi connectivity index (χ2n) is 6.01. The van der Waals surface area contributed by atoms with Gasteiger partial charge in [0.05, 0.1) is 0 Å². The second kappa shape index (κ2) is 4.97. The Labute approximate surface area is 104 Å². The van der Waals surface area contributed by atoms with Crippen LogP contribution in [0.4, 0.5) is 0 Å². The molecular weight excluding hydrogens is 212 g/mol. The molecule has 17 heavy (non-hydrogen) atoms. The first kappa shape index (κ1) is 11.5. The second-order valence-corrected chi connectivity index (χ2v) is 6.01. The third-order valence-electron chi connectivity index (χ3n) is 4.91. The highest BCUT2D eigenvalue weighted by Crippen LogP contribution is 2.36. The summed E-state index contributed by atoms with van der Waals surface area (Å²) in [5.41, 5.74) is 0. The number of fused-ring (bicyclic) bond motifs is 2. The molecule has 1 amide bonds. The van der Waals surface area contributed by atoms with Crippen LogP contribution < -0.4 is 5.32 Å². The van der Waals surface area contributed by atoms with Crippen molar-refractivity contribution in [2.45, 2.75) is 63.5 Å². The smallest absolute Gasteiger partial charge is 0.223 e. The standard InChI is InChI=1S/C14H24N2O/c17-14(7-4-11-8-9-15-10-11)16-12-2-1-3-13(16)6-5-12/h11-13,15H,1-10H2. The Balaban J connectivity index is 1.51. The normalized spacial score (nSPS) is 36.5. The minimum Gasteiger partial charge on any atom is -0.337 e. The van der Waals surface area contributed by atoms with Crippen molar-refractivity contribution in [3.05, 3.63) is 0 Å². The van der Waals surface area contributed by atoms with Gasteiger partial charge >= 0.3 is 0 Å². The number of carbonyl (C=O) groups excluding carboxylic acids is 1. The molecule has 96 valence electrons. The van der Waals surface area contributed by atoms with Gasteiger partial charge in [-0.25, -0.2) is 0 Å². The van der Waals surface area contributed by atoms with E-state index in [0.29, 0.717) is 18.0 Å². The molecular formula is C14H24N2O. The van der Waals surface area contributed by atoms with Gasteiger partial charge in [0, 0.05) is 18.5 Å². The first-order chi connectivity index (χ1) is 8.34. The van der Waals surface area contributed by atoms with Crippen molar-refractivity contribution in [2.75, 3.05) is 13.1 Å². The molecule has 2 bridgehead atoms. The van der Waals surface area contributed by atoms with Gasteiger partial charge in [-0.05, 0) is 64.0 Å². The van der Waals surface area contributed by atoms with E-state index in [1.165, 1.54) is 38.5 Å². The van der Waals surface area contributed by atoms with E-state index in [1.54, 1.807) is 0 Å². The van der Waals surface area contributed by atoms with Gasteiger partial charge in [0.15, 0.2) is 0 Å². The van der Waals surface area contributed by atoms with Crippen LogP contribution in [-0.4, -0.2) is 36.0 Å².